The lowest BCUT2D eigenvalue weighted by atomic mass is 10.2. The molecular formula is C8H11N3O2. The highest BCUT2D eigenvalue weighted by atomic mass is 16.6. The Labute approximate surface area is 75.9 Å². The lowest BCUT2D eigenvalue weighted by Gasteiger charge is -2.04. The molecular weight excluding hydrogens is 170 g/mol. The summed E-state index contributed by atoms with van der Waals surface area (Å²) in [5.41, 5.74) is 1.44. The van der Waals surface area contributed by atoms with Crippen LogP contribution in [0.15, 0.2) is 18.2 Å². The van der Waals surface area contributed by atoms with Gasteiger partial charge in [-0.3, -0.25) is 10.1 Å². The minimum Gasteiger partial charge on any atom is -0.388 e. The molecule has 0 spiro atoms. The zero-order valence-electron chi connectivity index (χ0n) is 7.50. The fourth-order valence-electron chi connectivity index (χ4n) is 1.05. The van der Waals surface area contributed by atoms with Gasteiger partial charge in [0, 0.05) is 25.8 Å². The summed E-state index contributed by atoms with van der Waals surface area (Å²) < 4.78 is 0. The molecule has 0 bridgehead atoms. The van der Waals surface area contributed by atoms with Crippen molar-refractivity contribution < 1.29 is 4.92 Å². The van der Waals surface area contributed by atoms with Crippen molar-refractivity contribution in [2.24, 2.45) is 0 Å². The third kappa shape index (κ3) is 1.87. The zero-order valence-corrected chi connectivity index (χ0v) is 7.50. The third-order valence-electron chi connectivity index (χ3n) is 1.75. The molecule has 0 amide bonds. The first-order valence-electron chi connectivity index (χ1n) is 3.83. The summed E-state index contributed by atoms with van der Waals surface area (Å²) >= 11 is 0. The van der Waals surface area contributed by atoms with Crippen molar-refractivity contribution in [1.29, 1.82) is 0 Å². The second-order valence-electron chi connectivity index (χ2n) is 2.49. The van der Waals surface area contributed by atoms with Crippen molar-refractivity contribution in [3.63, 3.8) is 0 Å². The SMILES string of the molecule is CNc1ccc([N+](=O)[O-])c(NC)c1. The van der Waals surface area contributed by atoms with E-state index >= 15 is 0 Å². The fraction of sp³-hybridized carbons (Fsp3) is 0.250. The van der Waals surface area contributed by atoms with Crippen LogP contribution >= 0.6 is 0 Å². The van der Waals surface area contributed by atoms with Crippen molar-refractivity contribution in [3.8, 4) is 0 Å². The van der Waals surface area contributed by atoms with Crippen LogP contribution in [0.3, 0.4) is 0 Å². The Kier molecular flexibility index (Phi) is 2.69. The maximum absolute atomic E-state index is 10.5. The van der Waals surface area contributed by atoms with E-state index in [9.17, 15) is 10.1 Å². The molecule has 1 aromatic rings. The fourth-order valence-corrected chi connectivity index (χ4v) is 1.05. The summed E-state index contributed by atoms with van der Waals surface area (Å²) in [5, 5.41) is 16.2. The lowest BCUT2D eigenvalue weighted by Crippen LogP contribution is -1.97. The second kappa shape index (κ2) is 3.75. The molecule has 0 heterocycles. The molecule has 5 nitrogen and oxygen atoms in total. The maximum atomic E-state index is 10.5. The summed E-state index contributed by atoms with van der Waals surface area (Å²) in [6.45, 7) is 0. The van der Waals surface area contributed by atoms with Gasteiger partial charge in [-0.1, -0.05) is 0 Å². The van der Waals surface area contributed by atoms with Crippen molar-refractivity contribution in [2.45, 2.75) is 0 Å². The number of hydrogen-bond acceptors (Lipinski definition) is 4. The Balaban J connectivity index is 3.15. The molecule has 2 N–H and O–H groups in total. The molecule has 5 heteroatoms. The molecule has 0 radical (unpaired) electrons. The van der Waals surface area contributed by atoms with Crippen LogP contribution in [0.1, 0.15) is 0 Å². The number of nitrogens with one attached hydrogen (secondary N) is 2. The Morgan fingerprint density at radius 3 is 2.46 bits per heavy atom. The predicted octanol–water partition coefficient (Wildman–Crippen LogP) is 1.68. The van der Waals surface area contributed by atoms with Gasteiger partial charge in [-0.05, 0) is 12.1 Å². The Morgan fingerprint density at radius 1 is 1.31 bits per heavy atom. The zero-order chi connectivity index (χ0) is 9.84. The predicted molar refractivity (Wildman–Crippen MR) is 52.2 cm³/mol. The van der Waals surface area contributed by atoms with Crippen LogP contribution in [0.2, 0.25) is 0 Å². The minimum absolute atomic E-state index is 0.0847. The maximum Gasteiger partial charge on any atom is 0.292 e. The van der Waals surface area contributed by atoms with Gasteiger partial charge < -0.3 is 10.6 Å². The molecule has 0 unspecified atom stereocenters. The average molecular weight is 181 g/mol. The van der Waals surface area contributed by atoms with Gasteiger partial charge in [-0.15, -0.1) is 0 Å². The number of nitro groups is 1. The number of hydrogen-bond donors (Lipinski definition) is 2. The van der Waals surface area contributed by atoms with Crippen molar-refractivity contribution in [1.82, 2.24) is 0 Å². The summed E-state index contributed by atoms with van der Waals surface area (Å²) in [5.74, 6) is 0. The van der Waals surface area contributed by atoms with Gasteiger partial charge in [0.2, 0.25) is 0 Å². The van der Waals surface area contributed by atoms with Crippen LogP contribution in [0.5, 0.6) is 0 Å². The van der Waals surface area contributed by atoms with E-state index in [0.29, 0.717) is 5.69 Å². The van der Waals surface area contributed by atoms with Gasteiger partial charge in [0.05, 0.1) is 4.92 Å². The van der Waals surface area contributed by atoms with Gasteiger partial charge in [0.1, 0.15) is 5.69 Å². The third-order valence-corrected chi connectivity index (χ3v) is 1.75. The summed E-state index contributed by atoms with van der Waals surface area (Å²) in [6, 6.07) is 4.83. The van der Waals surface area contributed by atoms with Crippen LogP contribution in [0.25, 0.3) is 0 Å². The first kappa shape index (κ1) is 9.31. The standard InChI is InChI=1S/C8H11N3O2/c1-9-6-3-4-8(11(12)13)7(5-6)10-2/h3-5,9-10H,1-2H3. The smallest absolute Gasteiger partial charge is 0.292 e. The highest BCUT2D eigenvalue weighted by molar-refractivity contribution is 5.68. The summed E-state index contributed by atoms with van der Waals surface area (Å²) in [4.78, 5) is 10.1. The summed E-state index contributed by atoms with van der Waals surface area (Å²) in [6.07, 6.45) is 0. The number of rotatable bonds is 3. The van der Waals surface area contributed by atoms with E-state index in [-0.39, 0.29) is 5.69 Å². The topological polar surface area (TPSA) is 67.2 Å². The monoisotopic (exact) mass is 181 g/mol. The average Bonchev–Trinajstić information content (AvgIpc) is 2.16. The molecule has 1 aromatic carbocycles. The number of benzene rings is 1. The lowest BCUT2D eigenvalue weighted by molar-refractivity contribution is -0.383. The van der Waals surface area contributed by atoms with Crippen LogP contribution in [0, 0.1) is 10.1 Å². The molecule has 0 saturated carbocycles. The van der Waals surface area contributed by atoms with Crippen LogP contribution < -0.4 is 10.6 Å². The highest BCUT2D eigenvalue weighted by Crippen LogP contribution is 2.26. The molecule has 0 atom stereocenters. The van der Waals surface area contributed by atoms with Crippen molar-refractivity contribution >= 4 is 17.1 Å². The van der Waals surface area contributed by atoms with E-state index in [2.05, 4.69) is 10.6 Å². The van der Waals surface area contributed by atoms with Gasteiger partial charge in [0.25, 0.3) is 5.69 Å². The molecule has 0 saturated heterocycles. The van der Waals surface area contributed by atoms with E-state index in [1.165, 1.54) is 6.07 Å². The first-order chi connectivity index (χ1) is 6.19. The normalized spacial score (nSPS) is 9.38. The largest absolute Gasteiger partial charge is 0.388 e. The highest BCUT2D eigenvalue weighted by Gasteiger charge is 2.11. The molecule has 0 aliphatic carbocycles. The van der Waals surface area contributed by atoms with Crippen LogP contribution in [0.4, 0.5) is 17.1 Å². The van der Waals surface area contributed by atoms with E-state index in [4.69, 9.17) is 0 Å². The second-order valence-corrected chi connectivity index (χ2v) is 2.49. The molecule has 0 fully saturated rings. The van der Waals surface area contributed by atoms with Crippen molar-refractivity contribution in [3.05, 3.63) is 28.3 Å². The molecule has 70 valence electrons. The molecule has 0 aromatic heterocycles. The molecule has 13 heavy (non-hydrogen) atoms. The number of nitro benzene ring substituents is 1. The van der Waals surface area contributed by atoms with Gasteiger partial charge in [0.15, 0.2) is 0 Å². The van der Waals surface area contributed by atoms with E-state index in [1.807, 2.05) is 0 Å². The molecule has 0 aliphatic rings. The van der Waals surface area contributed by atoms with Gasteiger partial charge in [-0.25, -0.2) is 0 Å². The van der Waals surface area contributed by atoms with Gasteiger partial charge in [-0.2, -0.15) is 0 Å². The molecule has 1 rings (SSSR count). The van der Waals surface area contributed by atoms with Crippen LogP contribution in [-0.4, -0.2) is 19.0 Å². The molecule has 0 aliphatic heterocycles. The quantitative estimate of drug-likeness (QED) is 0.550. The van der Waals surface area contributed by atoms with E-state index in [0.717, 1.165) is 5.69 Å². The van der Waals surface area contributed by atoms with E-state index in [1.54, 1.807) is 26.2 Å². The van der Waals surface area contributed by atoms with Crippen molar-refractivity contribution in [2.75, 3.05) is 24.7 Å². The van der Waals surface area contributed by atoms with Gasteiger partial charge >= 0.3 is 0 Å². The summed E-state index contributed by atoms with van der Waals surface area (Å²) in [7, 11) is 3.42. The minimum atomic E-state index is -0.411. The Morgan fingerprint density at radius 2 is 2.00 bits per heavy atom. The Bertz CT molecular complexity index is 325. The number of nitrogens with zero attached hydrogens (tertiary/aromatic N) is 1. The number of anilines is 2. The Hall–Kier alpha value is -1.78. The van der Waals surface area contributed by atoms with E-state index < -0.39 is 4.92 Å². The van der Waals surface area contributed by atoms with Crippen LogP contribution in [-0.2, 0) is 0 Å². The first-order valence-corrected chi connectivity index (χ1v) is 3.83.